The van der Waals surface area contributed by atoms with Gasteiger partial charge in [0, 0.05) is 11.8 Å². The second-order valence-corrected chi connectivity index (χ2v) is 8.50. The smallest absolute Gasteiger partial charge is 0.387 e. The highest BCUT2D eigenvalue weighted by Crippen LogP contribution is 2.31. The fraction of sp³-hybridized carbons (Fsp3) is 0.250. The van der Waals surface area contributed by atoms with Crippen LogP contribution in [0.1, 0.15) is 38.3 Å². The van der Waals surface area contributed by atoms with Crippen molar-refractivity contribution in [2.45, 2.75) is 39.2 Å². The third-order valence-electron chi connectivity index (χ3n) is 5.71. The quantitative estimate of drug-likeness (QED) is 0.306. The molecule has 0 spiro atoms. The van der Waals surface area contributed by atoms with Gasteiger partial charge in [0.1, 0.15) is 11.5 Å². The van der Waals surface area contributed by atoms with E-state index in [-0.39, 0.29) is 22.8 Å². The zero-order valence-electron chi connectivity index (χ0n) is 20.2. The Labute approximate surface area is 204 Å². The van der Waals surface area contributed by atoms with Crippen molar-refractivity contribution in [2.24, 2.45) is 0 Å². The molecule has 0 atom stereocenters. The molecule has 184 valence electrons. The van der Waals surface area contributed by atoms with Gasteiger partial charge in [0.2, 0.25) is 5.91 Å². The van der Waals surface area contributed by atoms with Gasteiger partial charge in [-0.2, -0.15) is 8.78 Å². The van der Waals surface area contributed by atoms with Gasteiger partial charge in [0.15, 0.2) is 11.5 Å². The molecule has 0 aromatic heterocycles. The molecule has 7 heteroatoms. The maximum absolute atomic E-state index is 12.4. The van der Waals surface area contributed by atoms with Crippen molar-refractivity contribution in [1.29, 1.82) is 0 Å². The van der Waals surface area contributed by atoms with E-state index < -0.39 is 6.61 Å². The molecule has 5 nitrogen and oxygen atoms in total. The lowest BCUT2D eigenvalue weighted by Crippen LogP contribution is -2.14. The lowest BCUT2D eigenvalue weighted by molar-refractivity contribution is -0.111. The number of alkyl halides is 2. The van der Waals surface area contributed by atoms with E-state index in [2.05, 4.69) is 43.0 Å². The monoisotopic (exact) mass is 481 g/mol. The van der Waals surface area contributed by atoms with Gasteiger partial charge in [-0.15, -0.1) is 0 Å². The highest BCUT2D eigenvalue weighted by atomic mass is 19.3. The van der Waals surface area contributed by atoms with Crippen LogP contribution >= 0.6 is 0 Å². The second-order valence-electron chi connectivity index (χ2n) is 8.50. The molecule has 1 N–H and O–H groups in total. The summed E-state index contributed by atoms with van der Waals surface area (Å²) in [5.41, 5.74) is 2.57. The number of nitrogens with one attached hydrogen (secondary N) is 1. The summed E-state index contributed by atoms with van der Waals surface area (Å²) in [6.45, 7) is 3.64. The molecule has 35 heavy (non-hydrogen) atoms. The molecule has 0 fully saturated rings. The summed E-state index contributed by atoms with van der Waals surface area (Å²) < 4.78 is 40.3. The number of halogens is 2. The molecule has 0 aliphatic carbocycles. The molecule has 3 aromatic carbocycles. The summed E-state index contributed by atoms with van der Waals surface area (Å²) >= 11 is 0. The summed E-state index contributed by atoms with van der Waals surface area (Å²) in [4.78, 5) is 12.3. The van der Waals surface area contributed by atoms with Gasteiger partial charge in [0.05, 0.1) is 7.11 Å². The van der Waals surface area contributed by atoms with Crippen molar-refractivity contribution in [1.82, 2.24) is 0 Å². The van der Waals surface area contributed by atoms with Crippen molar-refractivity contribution in [2.75, 3.05) is 12.4 Å². The van der Waals surface area contributed by atoms with E-state index in [4.69, 9.17) is 9.47 Å². The van der Waals surface area contributed by atoms with E-state index in [0.717, 1.165) is 12.2 Å². The number of hydrogen-bond donors (Lipinski definition) is 1. The van der Waals surface area contributed by atoms with Crippen LogP contribution in [0, 0.1) is 0 Å². The van der Waals surface area contributed by atoms with Gasteiger partial charge in [-0.3, -0.25) is 4.79 Å². The molecule has 1 amide bonds. The third-order valence-corrected chi connectivity index (χ3v) is 5.71. The molecular weight excluding hydrogens is 452 g/mol. The zero-order valence-corrected chi connectivity index (χ0v) is 20.2. The Morgan fingerprint density at radius 2 is 1.60 bits per heavy atom. The minimum absolute atomic E-state index is 0.0767. The number of hydrogen-bond acceptors (Lipinski definition) is 4. The summed E-state index contributed by atoms with van der Waals surface area (Å²) in [5, 5.41) is 2.76. The highest BCUT2D eigenvalue weighted by molar-refractivity contribution is 6.02. The molecule has 0 aliphatic heterocycles. The van der Waals surface area contributed by atoms with Gasteiger partial charge < -0.3 is 19.5 Å². The maximum atomic E-state index is 12.4. The molecular formula is C28H29F2NO4. The lowest BCUT2D eigenvalue weighted by atomic mass is 9.82. The summed E-state index contributed by atoms with van der Waals surface area (Å²) in [7, 11) is 1.35. The van der Waals surface area contributed by atoms with E-state index in [9.17, 15) is 13.6 Å². The predicted molar refractivity (Wildman–Crippen MR) is 134 cm³/mol. The van der Waals surface area contributed by atoms with E-state index in [1.54, 1.807) is 36.4 Å². The first-order valence-corrected chi connectivity index (χ1v) is 11.2. The molecule has 0 saturated carbocycles. The standard InChI is InChI=1S/C28H29F2NO4/c1-5-28(2,3)20-8-12-22(13-9-20)34-23-14-10-21(11-15-23)31-26(32)17-7-19-6-16-24(35-27(29)30)25(18-19)33-4/h6-18,27H,5H2,1-4H3,(H,31,32)/b17-7+. The van der Waals surface area contributed by atoms with Gasteiger partial charge in [-0.1, -0.05) is 39.0 Å². The van der Waals surface area contributed by atoms with Gasteiger partial charge >= 0.3 is 6.61 Å². The van der Waals surface area contributed by atoms with Crippen LogP contribution in [0.15, 0.2) is 72.8 Å². The molecule has 0 unspecified atom stereocenters. The van der Waals surface area contributed by atoms with E-state index in [1.807, 2.05) is 12.1 Å². The minimum atomic E-state index is -2.95. The SMILES string of the molecule is CCC(C)(C)c1ccc(Oc2ccc(NC(=O)/C=C/c3ccc(OC(F)F)c(OC)c3)cc2)cc1. The topological polar surface area (TPSA) is 56.8 Å². The Morgan fingerprint density at radius 1 is 0.971 bits per heavy atom. The average molecular weight is 482 g/mol. The van der Waals surface area contributed by atoms with Crippen LogP contribution in [0.4, 0.5) is 14.5 Å². The number of amides is 1. The molecule has 3 aromatic rings. The zero-order chi connectivity index (χ0) is 25.4. The van der Waals surface area contributed by atoms with Crippen LogP contribution in [0.5, 0.6) is 23.0 Å². The Hall–Kier alpha value is -3.87. The molecule has 0 bridgehead atoms. The van der Waals surface area contributed by atoms with Crippen molar-refractivity contribution < 1.29 is 27.8 Å². The van der Waals surface area contributed by atoms with Gasteiger partial charge in [-0.05, 0) is 77.6 Å². The Morgan fingerprint density at radius 3 is 2.17 bits per heavy atom. The summed E-state index contributed by atoms with van der Waals surface area (Å²) in [6, 6.07) is 19.5. The first-order valence-electron chi connectivity index (χ1n) is 11.2. The number of ether oxygens (including phenoxy) is 3. The Bertz CT molecular complexity index is 1160. The Balaban J connectivity index is 1.57. The van der Waals surface area contributed by atoms with Crippen molar-refractivity contribution in [3.05, 3.63) is 83.9 Å². The fourth-order valence-corrected chi connectivity index (χ4v) is 3.26. The highest BCUT2D eigenvalue weighted by Gasteiger charge is 2.17. The van der Waals surface area contributed by atoms with Crippen LogP contribution in [-0.4, -0.2) is 19.6 Å². The van der Waals surface area contributed by atoms with E-state index in [0.29, 0.717) is 17.0 Å². The Kier molecular flexibility index (Phi) is 8.47. The van der Waals surface area contributed by atoms with Crippen molar-refractivity contribution in [3.63, 3.8) is 0 Å². The van der Waals surface area contributed by atoms with Gasteiger partial charge in [-0.25, -0.2) is 0 Å². The van der Waals surface area contributed by atoms with Crippen molar-refractivity contribution >= 4 is 17.7 Å². The van der Waals surface area contributed by atoms with Crippen LogP contribution in [0.25, 0.3) is 6.08 Å². The van der Waals surface area contributed by atoms with Crippen LogP contribution < -0.4 is 19.5 Å². The number of carbonyl (C=O) groups is 1. The maximum Gasteiger partial charge on any atom is 0.387 e. The number of carbonyl (C=O) groups excluding carboxylic acids is 1. The van der Waals surface area contributed by atoms with Crippen molar-refractivity contribution in [3.8, 4) is 23.0 Å². The lowest BCUT2D eigenvalue weighted by Gasteiger charge is -2.23. The van der Waals surface area contributed by atoms with Gasteiger partial charge in [0.25, 0.3) is 0 Å². The molecule has 0 aliphatic rings. The van der Waals surface area contributed by atoms with Crippen LogP contribution in [0.3, 0.4) is 0 Å². The van der Waals surface area contributed by atoms with Crippen LogP contribution in [-0.2, 0) is 10.2 Å². The number of rotatable bonds is 10. The molecule has 0 radical (unpaired) electrons. The second kappa shape index (κ2) is 11.5. The molecule has 0 saturated heterocycles. The predicted octanol–water partition coefficient (Wildman–Crippen LogP) is 7.43. The molecule has 0 heterocycles. The minimum Gasteiger partial charge on any atom is -0.493 e. The third kappa shape index (κ3) is 7.30. The number of benzene rings is 3. The average Bonchev–Trinajstić information content (AvgIpc) is 2.84. The summed E-state index contributed by atoms with van der Waals surface area (Å²) in [5.74, 6) is 1.11. The summed E-state index contributed by atoms with van der Waals surface area (Å²) in [6.07, 6.45) is 3.93. The normalized spacial score (nSPS) is 11.5. The molecule has 3 rings (SSSR count). The van der Waals surface area contributed by atoms with E-state index >= 15 is 0 Å². The van der Waals surface area contributed by atoms with E-state index in [1.165, 1.54) is 30.9 Å². The first-order chi connectivity index (χ1) is 16.7. The first kappa shape index (κ1) is 25.7. The largest absolute Gasteiger partial charge is 0.493 e. The number of anilines is 1. The fourth-order valence-electron chi connectivity index (χ4n) is 3.26. The van der Waals surface area contributed by atoms with Crippen LogP contribution in [0.2, 0.25) is 0 Å². The number of methoxy groups -OCH3 is 1.